The Bertz CT molecular complexity index is 484. The van der Waals surface area contributed by atoms with E-state index in [1.54, 1.807) is 6.92 Å². The highest BCUT2D eigenvalue weighted by molar-refractivity contribution is 5.99. The van der Waals surface area contributed by atoms with Crippen molar-refractivity contribution in [2.75, 3.05) is 31.3 Å². The number of anilines is 2. The number of ether oxygens (including phenoxy) is 2. The molecule has 0 aliphatic heterocycles. The molecule has 0 aromatic carbocycles. The zero-order valence-corrected chi connectivity index (χ0v) is 11.9. The average Bonchev–Trinajstić information content (AvgIpc) is 2.72. The van der Waals surface area contributed by atoms with Crippen molar-refractivity contribution in [2.24, 2.45) is 0 Å². The first-order valence-electron chi connectivity index (χ1n) is 6.39. The highest BCUT2D eigenvalue weighted by atomic mass is 16.5. The Morgan fingerprint density at radius 1 is 1.40 bits per heavy atom. The van der Waals surface area contributed by atoms with E-state index in [0.717, 1.165) is 6.42 Å². The second-order valence-electron chi connectivity index (χ2n) is 3.99. The van der Waals surface area contributed by atoms with Gasteiger partial charge in [0, 0.05) is 6.54 Å². The van der Waals surface area contributed by atoms with Gasteiger partial charge in [-0.2, -0.15) is 5.10 Å². The lowest BCUT2D eigenvalue weighted by atomic mass is 10.3. The molecule has 0 saturated heterocycles. The summed E-state index contributed by atoms with van der Waals surface area (Å²) in [7, 11) is 1.26. The molecular weight excluding hydrogens is 264 g/mol. The molecule has 8 nitrogen and oxygen atoms in total. The Hall–Kier alpha value is -2.25. The predicted molar refractivity (Wildman–Crippen MR) is 73.4 cm³/mol. The van der Waals surface area contributed by atoms with E-state index in [2.05, 4.69) is 15.2 Å². The topological polar surface area (TPSA) is 108 Å². The van der Waals surface area contributed by atoms with Crippen molar-refractivity contribution in [3.05, 3.63) is 5.56 Å². The minimum atomic E-state index is -0.601. The quantitative estimate of drug-likeness (QED) is 0.707. The summed E-state index contributed by atoms with van der Waals surface area (Å²) in [6.07, 6.45) is 0.852. The molecule has 1 aromatic rings. The summed E-state index contributed by atoms with van der Waals surface area (Å²) in [4.78, 5) is 23.2. The molecule has 0 aliphatic rings. The number of carbonyl (C=O) groups is 2. The van der Waals surface area contributed by atoms with Crippen molar-refractivity contribution in [2.45, 2.75) is 26.8 Å². The molecule has 1 aromatic heterocycles. The molecule has 0 atom stereocenters. The van der Waals surface area contributed by atoms with Gasteiger partial charge in [0.15, 0.2) is 5.82 Å². The summed E-state index contributed by atoms with van der Waals surface area (Å²) in [5.41, 5.74) is 5.98. The van der Waals surface area contributed by atoms with Gasteiger partial charge in [-0.05, 0) is 13.3 Å². The number of nitrogens with one attached hydrogen (secondary N) is 1. The van der Waals surface area contributed by atoms with Gasteiger partial charge in [0.05, 0.1) is 13.7 Å². The molecule has 0 saturated carbocycles. The number of hydrogen-bond acceptors (Lipinski definition) is 7. The van der Waals surface area contributed by atoms with Crippen molar-refractivity contribution < 1.29 is 19.1 Å². The van der Waals surface area contributed by atoms with E-state index in [1.807, 2.05) is 6.92 Å². The van der Waals surface area contributed by atoms with Crippen LogP contribution in [0.5, 0.6) is 0 Å². The molecule has 8 heteroatoms. The van der Waals surface area contributed by atoms with Crippen LogP contribution in [0.2, 0.25) is 0 Å². The molecule has 0 spiro atoms. The number of aromatic nitrogens is 2. The first-order chi connectivity index (χ1) is 9.54. The minimum Gasteiger partial charge on any atom is -0.465 e. The van der Waals surface area contributed by atoms with Crippen LogP contribution in [0.25, 0.3) is 0 Å². The van der Waals surface area contributed by atoms with E-state index >= 15 is 0 Å². The number of methoxy groups -OCH3 is 1. The van der Waals surface area contributed by atoms with E-state index in [4.69, 9.17) is 10.5 Å². The maximum atomic E-state index is 11.7. The van der Waals surface area contributed by atoms with Gasteiger partial charge >= 0.3 is 11.9 Å². The van der Waals surface area contributed by atoms with Gasteiger partial charge in [-0.1, -0.05) is 6.92 Å². The maximum absolute atomic E-state index is 11.7. The summed E-state index contributed by atoms with van der Waals surface area (Å²) in [5, 5.41) is 7.10. The summed E-state index contributed by atoms with van der Waals surface area (Å²) in [6.45, 7) is 4.42. The summed E-state index contributed by atoms with van der Waals surface area (Å²) < 4.78 is 10.7. The zero-order valence-electron chi connectivity index (χ0n) is 11.9. The van der Waals surface area contributed by atoms with Gasteiger partial charge in [0.1, 0.15) is 17.9 Å². The van der Waals surface area contributed by atoms with Gasteiger partial charge in [0.25, 0.3) is 0 Å². The van der Waals surface area contributed by atoms with Crippen LogP contribution in [-0.2, 0) is 20.8 Å². The molecule has 20 heavy (non-hydrogen) atoms. The van der Waals surface area contributed by atoms with Crippen molar-refractivity contribution in [3.63, 3.8) is 0 Å². The first-order valence-corrected chi connectivity index (χ1v) is 6.39. The Balaban J connectivity index is 3.04. The molecular formula is C12H20N4O4. The predicted octanol–water partition coefficient (Wildman–Crippen LogP) is 0.637. The minimum absolute atomic E-state index is 0.0727. The van der Waals surface area contributed by atoms with Gasteiger partial charge < -0.3 is 20.5 Å². The first kappa shape index (κ1) is 15.8. The van der Waals surface area contributed by atoms with Crippen LogP contribution < -0.4 is 11.1 Å². The number of rotatable bonds is 7. The Labute approximate surface area is 117 Å². The molecule has 0 bridgehead atoms. The molecule has 0 fully saturated rings. The zero-order chi connectivity index (χ0) is 15.1. The molecule has 0 aliphatic carbocycles. The maximum Gasteiger partial charge on any atom is 0.345 e. The highest BCUT2D eigenvalue weighted by Crippen LogP contribution is 2.22. The van der Waals surface area contributed by atoms with Gasteiger partial charge in [-0.15, -0.1) is 0 Å². The third kappa shape index (κ3) is 3.62. The number of nitrogen functional groups attached to an aromatic ring is 1. The van der Waals surface area contributed by atoms with Gasteiger partial charge in [-0.25, -0.2) is 9.48 Å². The van der Waals surface area contributed by atoms with Crippen LogP contribution in [-0.4, -0.2) is 42.0 Å². The Morgan fingerprint density at radius 2 is 2.10 bits per heavy atom. The van der Waals surface area contributed by atoms with Gasteiger partial charge in [-0.3, -0.25) is 4.79 Å². The van der Waals surface area contributed by atoms with Gasteiger partial charge in [0.2, 0.25) is 0 Å². The van der Waals surface area contributed by atoms with Crippen molar-refractivity contribution in [1.29, 1.82) is 0 Å². The van der Waals surface area contributed by atoms with Crippen molar-refractivity contribution >= 4 is 23.6 Å². The number of esters is 2. The fraction of sp³-hybridized carbons (Fsp3) is 0.583. The average molecular weight is 284 g/mol. The van der Waals surface area contributed by atoms with Crippen LogP contribution in [0.4, 0.5) is 11.6 Å². The summed E-state index contributed by atoms with van der Waals surface area (Å²) >= 11 is 0. The smallest absolute Gasteiger partial charge is 0.345 e. The lowest BCUT2D eigenvalue weighted by Crippen LogP contribution is -2.16. The summed E-state index contributed by atoms with van der Waals surface area (Å²) in [6, 6.07) is 0. The van der Waals surface area contributed by atoms with E-state index in [9.17, 15) is 9.59 Å². The van der Waals surface area contributed by atoms with Crippen molar-refractivity contribution in [1.82, 2.24) is 9.78 Å². The molecule has 1 rings (SSSR count). The highest BCUT2D eigenvalue weighted by Gasteiger charge is 2.23. The van der Waals surface area contributed by atoms with Crippen LogP contribution in [0.3, 0.4) is 0 Å². The van der Waals surface area contributed by atoms with Crippen LogP contribution >= 0.6 is 0 Å². The van der Waals surface area contributed by atoms with Crippen LogP contribution in [0.1, 0.15) is 30.6 Å². The van der Waals surface area contributed by atoms with Crippen LogP contribution in [0, 0.1) is 0 Å². The standard InChI is InChI=1S/C12H20N4O4/c1-4-6-14-11-9(12(18)19-3)10(13)16(15-11)7-8(17)20-5-2/h4-7,13H2,1-3H3,(H,14,15). The number of hydrogen-bond donors (Lipinski definition) is 2. The van der Waals surface area contributed by atoms with E-state index in [1.165, 1.54) is 11.8 Å². The Morgan fingerprint density at radius 3 is 2.65 bits per heavy atom. The molecule has 1 heterocycles. The molecule has 112 valence electrons. The van der Waals surface area contributed by atoms with E-state index in [0.29, 0.717) is 12.4 Å². The lowest BCUT2D eigenvalue weighted by Gasteiger charge is -2.04. The Kier molecular flexibility index (Phi) is 5.82. The second kappa shape index (κ2) is 7.37. The lowest BCUT2D eigenvalue weighted by molar-refractivity contribution is -0.144. The van der Waals surface area contributed by atoms with E-state index in [-0.39, 0.29) is 24.5 Å². The molecule has 3 N–H and O–H groups in total. The monoisotopic (exact) mass is 284 g/mol. The molecule has 0 amide bonds. The van der Waals surface area contributed by atoms with E-state index < -0.39 is 11.9 Å². The summed E-state index contributed by atoms with van der Waals surface area (Å²) in [5.74, 6) is -0.694. The number of carbonyl (C=O) groups excluding carboxylic acids is 2. The molecule has 0 unspecified atom stereocenters. The third-order valence-corrected chi connectivity index (χ3v) is 2.51. The number of nitrogens with two attached hydrogens (primary N) is 1. The number of nitrogens with zero attached hydrogens (tertiary/aromatic N) is 2. The van der Waals surface area contributed by atoms with Crippen molar-refractivity contribution in [3.8, 4) is 0 Å². The molecule has 0 radical (unpaired) electrons. The third-order valence-electron chi connectivity index (χ3n) is 2.51. The fourth-order valence-electron chi connectivity index (χ4n) is 1.59. The second-order valence-corrected chi connectivity index (χ2v) is 3.99. The largest absolute Gasteiger partial charge is 0.465 e. The normalized spacial score (nSPS) is 10.2. The fourth-order valence-corrected chi connectivity index (χ4v) is 1.59. The van der Waals surface area contributed by atoms with Crippen LogP contribution in [0.15, 0.2) is 0 Å². The SMILES string of the molecule is CCCNc1nn(CC(=O)OCC)c(N)c1C(=O)OC.